The molecule has 0 amide bonds. The minimum atomic E-state index is 0.810. The molecule has 0 aromatic carbocycles. The Kier molecular flexibility index (Phi) is 4.87. The first kappa shape index (κ1) is 14.0. The number of hydrogen-bond acceptors (Lipinski definition) is 5. The maximum Gasteiger partial charge on any atom is 0.185 e. The molecule has 0 unspecified atom stereocenters. The molecule has 102 valence electrons. The lowest BCUT2D eigenvalue weighted by molar-refractivity contribution is 0.801. The van der Waals surface area contributed by atoms with E-state index >= 15 is 0 Å². The van der Waals surface area contributed by atoms with E-state index in [4.69, 9.17) is 0 Å². The van der Waals surface area contributed by atoms with Gasteiger partial charge in [-0.2, -0.15) is 0 Å². The Bertz CT molecular complexity index is 524. The van der Waals surface area contributed by atoms with Crippen molar-refractivity contribution in [2.75, 3.05) is 18.5 Å². The number of aromatic nitrogens is 2. The zero-order chi connectivity index (χ0) is 13.7. The molecular weight excluding hydrogens is 256 g/mol. The third-order valence-corrected chi connectivity index (χ3v) is 3.90. The highest BCUT2D eigenvalue weighted by atomic mass is 32.1. The van der Waals surface area contributed by atoms with Crippen LogP contribution in [0.25, 0.3) is 0 Å². The highest BCUT2D eigenvalue weighted by Gasteiger charge is 2.10. The fourth-order valence-electron chi connectivity index (χ4n) is 1.90. The number of anilines is 1. The van der Waals surface area contributed by atoms with E-state index in [-0.39, 0.29) is 0 Å². The Morgan fingerprint density at radius 3 is 2.89 bits per heavy atom. The molecule has 1 N–H and O–H groups in total. The minimum absolute atomic E-state index is 0.810. The van der Waals surface area contributed by atoms with Crippen molar-refractivity contribution in [3.8, 4) is 0 Å². The molecule has 0 aliphatic carbocycles. The summed E-state index contributed by atoms with van der Waals surface area (Å²) >= 11 is 1.74. The van der Waals surface area contributed by atoms with E-state index in [1.165, 1.54) is 4.88 Å². The van der Waals surface area contributed by atoms with Gasteiger partial charge in [0.25, 0.3) is 0 Å². The summed E-state index contributed by atoms with van der Waals surface area (Å²) in [5.74, 6) is 0. The quantitative estimate of drug-likeness (QED) is 0.880. The smallest absolute Gasteiger partial charge is 0.185 e. The van der Waals surface area contributed by atoms with E-state index < -0.39 is 0 Å². The van der Waals surface area contributed by atoms with Crippen LogP contribution in [0.2, 0.25) is 0 Å². The van der Waals surface area contributed by atoms with Gasteiger partial charge in [-0.25, -0.2) is 4.98 Å². The van der Waals surface area contributed by atoms with Crippen LogP contribution in [0.15, 0.2) is 24.4 Å². The highest BCUT2D eigenvalue weighted by molar-refractivity contribution is 7.15. The molecule has 0 aliphatic heterocycles. The van der Waals surface area contributed by atoms with Crippen LogP contribution >= 0.6 is 11.3 Å². The zero-order valence-electron chi connectivity index (χ0n) is 11.7. The van der Waals surface area contributed by atoms with Crippen LogP contribution in [0.5, 0.6) is 0 Å². The van der Waals surface area contributed by atoms with Gasteiger partial charge in [0.15, 0.2) is 5.13 Å². The van der Waals surface area contributed by atoms with Crippen molar-refractivity contribution in [1.82, 2.24) is 15.3 Å². The van der Waals surface area contributed by atoms with Crippen molar-refractivity contribution in [1.29, 1.82) is 0 Å². The van der Waals surface area contributed by atoms with Crippen molar-refractivity contribution in [2.24, 2.45) is 0 Å². The van der Waals surface area contributed by atoms with Gasteiger partial charge in [0.05, 0.1) is 12.2 Å². The lowest BCUT2D eigenvalue weighted by atomic mass is 10.3. The number of thiazole rings is 1. The summed E-state index contributed by atoms with van der Waals surface area (Å²) < 4.78 is 0. The van der Waals surface area contributed by atoms with Crippen LogP contribution in [-0.2, 0) is 13.1 Å². The Labute approximate surface area is 118 Å². The first-order valence-electron chi connectivity index (χ1n) is 6.49. The fraction of sp³-hybridized carbons (Fsp3) is 0.429. The monoisotopic (exact) mass is 276 g/mol. The minimum Gasteiger partial charge on any atom is -0.342 e. The number of pyridine rings is 1. The maximum atomic E-state index is 4.55. The van der Waals surface area contributed by atoms with Gasteiger partial charge in [-0.15, -0.1) is 11.3 Å². The molecular formula is C14H20N4S. The molecule has 0 fully saturated rings. The average Bonchev–Trinajstić information content (AvgIpc) is 2.85. The van der Waals surface area contributed by atoms with E-state index in [0.29, 0.717) is 0 Å². The van der Waals surface area contributed by atoms with Gasteiger partial charge >= 0.3 is 0 Å². The van der Waals surface area contributed by atoms with Crippen molar-refractivity contribution in [3.63, 3.8) is 0 Å². The summed E-state index contributed by atoms with van der Waals surface area (Å²) in [6.07, 6.45) is 1.95. The second kappa shape index (κ2) is 6.63. The van der Waals surface area contributed by atoms with E-state index in [0.717, 1.165) is 36.2 Å². The van der Waals surface area contributed by atoms with Gasteiger partial charge in [0, 0.05) is 29.9 Å². The lowest BCUT2D eigenvalue weighted by Gasteiger charge is -2.19. The van der Waals surface area contributed by atoms with Crippen molar-refractivity contribution in [2.45, 2.75) is 26.9 Å². The largest absolute Gasteiger partial charge is 0.342 e. The number of nitrogens with zero attached hydrogens (tertiary/aromatic N) is 3. The summed E-state index contributed by atoms with van der Waals surface area (Å²) in [6, 6.07) is 6.14. The molecule has 19 heavy (non-hydrogen) atoms. The molecule has 0 atom stereocenters. The van der Waals surface area contributed by atoms with Crippen LogP contribution in [-0.4, -0.2) is 23.6 Å². The van der Waals surface area contributed by atoms with Crippen LogP contribution in [0.4, 0.5) is 5.13 Å². The molecule has 0 bridgehead atoms. The first-order chi connectivity index (χ1) is 9.22. The van der Waals surface area contributed by atoms with Gasteiger partial charge in [-0.1, -0.05) is 6.07 Å². The highest BCUT2D eigenvalue weighted by Crippen LogP contribution is 2.23. The second-order valence-corrected chi connectivity index (χ2v) is 5.52. The van der Waals surface area contributed by atoms with Crippen LogP contribution in [0, 0.1) is 6.92 Å². The Morgan fingerprint density at radius 2 is 2.21 bits per heavy atom. The van der Waals surface area contributed by atoms with E-state index in [9.17, 15) is 0 Å². The van der Waals surface area contributed by atoms with Crippen molar-refractivity contribution >= 4 is 16.5 Å². The zero-order valence-corrected chi connectivity index (χ0v) is 12.5. The van der Waals surface area contributed by atoms with Crippen molar-refractivity contribution < 1.29 is 0 Å². The Morgan fingerprint density at radius 1 is 1.37 bits per heavy atom. The second-order valence-electron chi connectivity index (χ2n) is 4.42. The summed E-state index contributed by atoms with van der Waals surface area (Å²) in [5.41, 5.74) is 2.15. The molecule has 0 radical (unpaired) electrons. The van der Waals surface area contributed by atoms with E-state index in [1.807, 2.05) is 26.2 Å². The van der Waals surface area contributed by atoms with Crippen molar-refractivity contribution in [3.05, 3.63) is 40.7 Å². The van der Waals surface area contributed by atoms with Gasteiger partial charge in [0.1, 0.15) is 0 Å². The van der Waals surface area contributed by atoms with Gasteiger partial charge < -0.3 is 10.2 Å². The van der Waals surface area contributed by atoms with Crippen LogP contribution in [0.1, 0.15) is 23.2 Å². The molecule has 0 aliphatic rings. The third kappa shape index (κ3) is 3.75. The first-order valence-corrected chi connectivity index (χ1v) is 7.31. The maximum absolute atomic E-state index is 4.55. The SMILES string of the molecule is CCN(Cc1cccc(C)n1)c1ncc(CNC)s1. The standard InChI is InChI=1S/C14H20N4S/c1-4-18(10-12-7-5-6-11(2)17-12)14-16-9-13(19-14)8-15-3/h5-7,9,15H,4,8,10H2,1-3H3. The molecule has 2 rings (SSSR count). The van der Waals surface area contributed by atoms with Crippen LogP contribution < -0.4 is 10.2 Å². The molecule has 2 heterocycles. The predicted octanol–water partition coefficient (Wildman–Crippen LogP) is 2.59. The number of aryl methyl sites for hydroxylation is 1. The summed E-state index contributed by atoms with van der Waals surface area (Å²) in [7, 11) is 1.95. The van der Waals surface area contributed by atoms with Gasteiger partial charge in [-0.3, -0.25) is 4.98 Å². The topological polar surface area (TPSA) is 41.1 Å². The van der Waals surface area contributed by atoms with E-state index in [2.05, 4.69) is 39.2 Å². The molecule has 0 spiro atoms. The lowest BCUT2D eigenvalue weighted by Crippen LogP contribution is -2.22. The van der Waals surface area contributed by atoms with E-state index in [1.54, 1.807) is 11.3 Å². The number of hydrogen-bond donors (Lipinski definition) is 1. The number of nitrogens with one attached hydrogen (secondary N) is 1. The molecule has 5 heteroatoms. The summed E-state index contributed by atoms with van der Waals surface area (Å²) in [6.45, 7) is 6.79. The Balaban J connectivity index is 2.10. The third-order valence-electron chi connectivity index (χ3n) is 2.84. The molecule has 2 aromatic rings. The fourth-order valence-corrected chi connectivity index (χ4v) is 2.88. The summed E-state index contributed by atoms with van der Waals surface area (Å²) in [4.78, 5) is 12.6. The normalized spacial score (nSPS) is 10.7. The van der Waals surface area contributed by atoms with Crippen LogP contribution in [0.3, 0.4) is 0 Å². The van der Waals surface area contributed by atoms with Gasteiger partial charge in [-0.05, 0) is 33.0 Å². The number of rotatable bonds is 6. The molecule has 0 saturated heterocycles. The molecule has 4 nitrogen and oxygen atoms in total. The molecule has 0 saturated carbocycles. The molecule has 2 aromatic heterocycles. The average molecular weight is 276 g/mol. The van der Waals surface area contributed by atoms with Gasteiger partial charge in [0.2, 0.25) is 0 Å². The predicted molar refractivity (Wildman–Crippen MR) is 80.6 cm³/mol. The summed E-state index contributed by atoms with van der Waals surface area (Å²) in [5, 5.41) is 4.22. The Hall–Kier alpha value is -1.46.